The van der Waals surface area contributed by atoms with Gasteiger partial charge in [0.05, 0.1) is 4.47 Å². The molecule has 0 unspecified atom stereocenters. The number of benzene rings is 2. The summed E-state index contributed by atoms with van der Waals surface area (Å²) in [5, 5.41) is 0. The molecule has 2 aromatic carbocycles. The molecule has 0 saturated heterocycles. The fraction of sp³-hybridized carbons (Fsp3) is 0.0769. The number of ether oxygens (including phenoxy) is 1. The van der Waals surface area contributed by atoms with E-state index in [1.165, 1.54) is 12.1 Å². The summed E-state index contributed by atoms with van der Waals surface area (Å²) in [6.07, 6.45) is 0. The summed E-state index contributed by atoms with van der Waals surface area (Å²) < 4.78 is 32.5. The topological polar surface area (TPSA) is 35.2 Å². The maximum atomic E-state index is 13.4. The number of hydrogen-bond donors (Lipinski definition) is 1. The zero-order valence-corrected chi connectivity index (χ0v) is 10.9. The maximum Gasteiger partial charge on any atom is 0.165 e. The van der Waals surface area contributed by atoms with Crippen molar-refractivity contribution < 1.29 is 13.5 Å². The highest BCUT2D eigenvalue weighted by molar-refractivity contribution is 9.10. The molecule has 0 aliphatic carbocycles. The van der Waals surface area contributed by atoms with E-state index < -0.39 is 11.6 Å². The van der Waals surface area contributed by atoms with E-state index in [1.807, 2.05) is 0 Å². The van der Waals surface area contributed by atoms with E-state index in [1.54, 1.807) is 18.2 Å². The van der Waals surface area contributed by atoms with Gasteiger partial charge in [-0.2, -0.15) is 0 Å². The molecule has 2 aromatic rings. The smallest absolute Gasteiger partial charge is 0.165 e. The molecule has 0 heterocycles. The van der Waals surface area contributed by atoms with Crippen LogP contribution in [0.1, 0.15) is 5.56 Å². The van der Waals surface area contributed by atoms with Crippen LogP contribution in [0.4, 0.5) is 14.5 Å². The minimum Gasteiger partial charge on any atom is -0.488 e. The number of nitrogen functional groups attached to an aromatic ring is 1. The first-order valence-corrected chi connectivity index (χ1v) is 5.98. The lowest BCUT2D eigenvalue weighted by Crippen LogP contribution is -2.01. The van der Waals surface area contributed by atoms with Crippen LogP contribution in [0.25, 0.3) is 0 Å². The van der Waals surface area contributed by atoms with Crippen molar-refractivity contribution in [3.8, 4) is 5.75 Å². The van der Waals surface area contributed by atoms with Crippen LogP contribution >= 0.6 is 15.9 Å². The predicted molar refractivity (Wildman–Crippen MR) is 69.2 cm³/mol. The number of halogens is 3. The van der Waals surface area contributed by atoms with E-state index in [4.69, 9.17) is 10.5 Å². The van der Waals surface area contributed by atoms with Gasteiger partial charge in [0.1, 0.15) is 12.4 Å². The molecule has 0 bridgehead atoms. The Morgan fingerprint density at radius 1 is 1.17 bits per heavy atom. The molecule has 18 heavy (non-hydrogen) atoms. The van der Waals surface area contributed by atoms with Gasteiger partial charge in [-0.05, 0) is 34.1 Å². The summed E-state index contributed by atoms with van der Waals surface area (Å²) in [6.45, 7) is -0.0638. The number of anilines is 1. The Kier molecular flexibility index (Phi) is 3.81. The molecular formula is C13H10BrF2NO. The second-order valence-electron chi connectivity index (χ2n) is 3.69. The van der Waals surface area contributed by atoms with Gasteiger partial charge in [0, 0.05) is 17.3 Å². The van der Waals surface area contributed by atoms with Crippen molar-refractivity contribution in [3.05, 3.63) is 58.1 Å². The molecule has 0 aliphatic heterocycles. The molecule has 2 nitrogen and oxygen atoms in total. The fourth-order valence-corrected chi connectivity index (χ4v) is 1.81. The summed E-state index contributed by atoms with van der Waals surface area (Å²) in [5.74, 6) is -1.29. The molecule has 5 heteroatoms. The van der Waals surface area contributed by atoms with Gasteiger partial charge in [0.15, 0.2) is 11.6 Å². The molecular weight excluding hydrogens is 304 g/mol. The number of rotatable bonds is 3. The van der Waals surface area contributed by atoms with Crippen molar-refractivity contribution in [1.82, 2.24) is 0 Å². The van der Waals surface area contributed by atoms with Gasteiger partial charge in [-0.25, -0.2) is 8.78 Å². The third-order valence-electron chi connectivity index (χ3n) is 2.37. The van der Waals surface area contributed by atoms with Gasteiger partial charge in [-0.15, -0.1) is 0 Å². The molecule has 0 radical (unpaired) electrons. The van der Waals surface area contributed by atoms with Crippen LogP contribution in [0.15, 0.2) is 40.9 Å². The Hall–Kier alpha value is -1.62. The fourth-order valence-electron chi connectivity index (χ4n) is 1.45. The minimum atomic E-state index is -0.891. The van der Waals surface area contributed by atoms with Crippen molar-refractivity contribution in [3.63, 3.8) is 0 Å². The predicted octanol–water partition coefficient (Wildman–Crippen LogP) is 3.89. The first-order valence-electron chi connectivity index (χ1n) is 5.18. The third kappa shape index (κ3) is 2.79. The van der Waals surface area contributed by atoms with E-state index >= 15 is 0 Å². The van der Waals surface area contributed by atoms with Crippen LogP contribution in [0, 0.1) is 11.6 Å². The molecule has 2 rings (SSSR count). The number of nitrogens with two attached hydrogens (primary N) is 1. The van der Waals surface area contributed by atoms with Gasteiger partial charge in [0.25, 0.3) is 0 Å². The normalized spacial score (nSPS) is 10.4. The highest BCUT2D eigenvalue weighted by Gasteiger charge is 2.09. The number of hydrogen-bond acceptors (Lipinski definition) is 2. The molecule has 0 aliphatic rings. The zero-order chi connectivity index (χ0) is 13.1. The monoisotopic (exact) mass is 313 g/mol. The lowest BCUT2D eigenvalue weighted by atomic mass is 10.2. The minimum absolute atomic E-state index is 0.0638. The average molecular weight is 314 g/mol. The quantitative estimate of drug-likeness (QED) is 0.873. The first kappa shape index (κ1) is 12.8. The summed E-state index contributed by atoms with van der Waals surface area (Å²) in [4.78, 5) is 0. The second-order valence-corrected chi connectivity index (χ2v) is 4.55. The van der Waals surface area contributed by atoms with Gasteiger partial charge in [-0.1, -0.05) is 12.1 Å². The van der Waals surface area contributed by atoms with Crippen LogP contribution < -0.4 is 10.5 Å². The van der Waals surface area contributed by atoms with Gasteiger partial charge >= 0.3 is 0 Å². The summed E-state index contributed by atoms with van der Waals surface area (Å²) >= 11 is 3.29. The SMILES string of the molecule is Nc1ccc(Br)c(OCc2cccc(F)c2F)c1. The Morgan fingerprint density at radius 3 is 2.72 bits per heavy atom. The first-order chi connectivity index (χ1) is 8.58. The molecule has 0 fully saturated rings. The Labute approximate surface area is 112 Å². The van der Waals surface area contributed by atoms with E-state index in [0.717, 1.165) is 6.07 Å². The van der Waals surface area contributed by atoms with Crippen LogP contribution in [0.2, 0.25) is 0 Å². The second kappa shape index (κ2) is 5.35. The van der Waals surface area contributed by atoms with Crippen LogP contribution in [0.3, 0.4) is 0 Å². The van der Waals surface area contributed by atoms with Crippen molar-refractivity contribution in [2.24, 2.45) is 0 Å². The van der Waals surface area contributed by atoms with Crippen LogP contribution in [0.5, 0.6) is 5.75 Å². The average Bonchev–Trinajstić information content (AvgIpc) is 2.35. The van der Waals surface area contributed by atoms with Crippen molar-refractivity contribution in [2.75, 3.05) is 5.73 Å². The van der Waals surface area contributed by atoms with E-state index in [0.29, 0.717) is 15.9 Å². The largest absolute Gasteiger partial charge is 0.488 e. The van der Waals surface area contributed by atoms with E-state index in [2.05, 4.69) is 15.9 Å². The standard InChI is InChI=1S/C13H10BrF2NO/c14-10-5-4-9(17)6-12(10)18-7-8-2-1-3-11(15)13(8)16/h1-6H,7,17H2. The van der Waals surface area contributed by atoms with Crippen molar-refractivity contribution in [2.45, 2.75) is 6.61 Å². The Balaban J connectivity index is 2.16. The highest BCUT2D eigenvalue weighted by atomic mass is 79.9. The van der Waals surface area contributed by atoms with Crippen LogP contribution in [-0.4, -0.2) is 0 Å². The summed E-state index contributed by atoms with van der Waals surface area (Å²) in [5.41, 5.74) is 6.31. The molecule has 0 amide bonds. The van der Waals surface area contributed by atoms with Gasteiger partial charge in [0.2, 0.25) is 0 Å². The molecule has 0 saturated carbocycles. The van der Waals surface area contributed by atoms with Crippen molar-refractivity contribution in [1.29, 1.82) is 0 Å². The molecule has 0 spiro atoms. The van der Waals surface area contributed by atoms with E-state index in [-0.39, 0.29) is 12.2 Å². The molecule has 0 aromatic heterocycles. The van der Waals surface area contributed by atoms with Gasteiger partial charge in [-0.3, -0.25) is 0 Å². The van der Waals surface area contributed by atoms with E-state index in [9.17, 15) is 8.78 Å². The Morgan fingerprint density at radius 2 is 1.94 bits per heavy atom. The maximum absolute atomic E-state index is 13.4. The van der Waals surface area contributed by atoms with Crippen molar-refractivity contribution >= 4 is 21.6 Å². The summed E-state index contributed by atoms with van der Waals surface area (Å²) in [7, 11) is 0. The molecule has 94 valence electrons. The highest BCUT2D eigenvalue weighted by Crippen LogP contribution is 2.28. The Bertz CT molecular complexity index is 573. The third-order valence-corrected chi connectivity index (χ3v) is 3.03. The van der Waals surface area contributed by atoms with Gasteiger partial charge < -0.3 is 10.5 Å². The van der Waals surface area contributed by atoms with Crippen LogP contribution in [-0.2, 0) is 6.61 Å². The lowest BCUT2D eigenvalue weighted by Gasteiger charge is -2.09. The molecule has 2 N–H and O–H groups in total. The summed E-state index contributed by atoms with van der Waals surface area (Å²) in [6, 6.07) is 9.02. The zero-order valence-electron chi connectivity index (χ0n) is 9.29. The molecule has 0 atom stereocenters. The lowest BCUT2D eigenvalue weighted by molar-refractivity contribution is 0.295.